The van der Waals surface area contributed by atoms with Gasteiger partial charge in [-0.1, -0.05) is 72.3 Å². The molecule has 3 aromatic carbocycles. The molecule has 0 saturated carbocycles. The van der Waals surface area contributed by atoms with Crippen LogP contribution in [0.5, 0.6) is 0 Å². The van der Waals surface area contributed by atoms with Crippen LogP contribution in [0.4, 0.5) is 5.82 Å². The largest absolute Gasteiger partial charge is 0.366 e. The summed E-state index contributed by atoms with van der Waals surface area (Å²) in [4.78, 5) is 18.2. The zero-order valence-corrected chi connectivity index (χ0v) is 22.9. The van der Waals surface area contributed by atoms with Gasteiger partial charge in [0, 0.05) is 34.6 Å². The number of carbonyl (C=O) groups excluding carboxylic acids is 1. The van der Waals surface area contributed by atoms with Crippen molar-refractivity contribution in [1.82, 2.24) is 19.9 Å². The van der Waals surface area contributed by atoms with Crippen LogP contribution in [0.1, 0.15) is 11.1 Å². The second-order valence-corrected chi connectivity index (χ2v) is 10.6. The molecule has 5 aromatic rings. The fourth-order valence-corrected chi connectivity index (χ4v) is 5.16. The first-order valence-corrected chi connectivity index (χ1v) is 13.8. The minimum atomic E-state index is 0.00733. The van der Waals surface area contributed by atoms with Crippen molar-refractivity contribution in [3.8, 4) is 11.3 Å². The van der Waals surface area contributed by atoms with E-state index in [1.165, 1.54) is 11.8 Å². The van der Waals surface area contributed by atoms with E-state index in [0.29, 0.717) is 29.5 Å². The van der Waals surface area contributed by atoms with Gasteiger partial charge in [-0.15, -0.1) is 11.8 Å². The highest BCUT2D eigenvalue weighted by Gasteiger charge is 2.13. The van der Waals surface area contributed by atoms with Crippen molar-refractivity contribution in [1.29, 1.82) is 0 Å². The summed E-state index contributed by atoms with van der Waals surface area (Å²) in [6.07, 6.45) is 1.73. The number of hydrogen-bond acceptors (Lipinski definition) is 5. The molecule has 5 rings (SSSR count). The Kier molecular flexibility index (Phi) is 8.08. The van der Waals surface area contributed by atoms with Gasteiger partial charge in [-0.25, -0.2) is 4.98 Å². The van der Waals surface area contributed by atoms with E-state index in [4.69, 9.17) is 16.6 Å². The molecule has 6 nitrogen and oxygen atoms in total. The van der Waals surface area contributed by atoms with Gasteiger partial charge < -0.3 is 10.6 Å². The third-order valence-corrected chi connectivity index (χ3v) is 7.55. The van der Waals surface area contributed by atoms with E-state index in [-0.39, 0.29) is 5.91 Å². The van der Waals surface area contributed by atoms with Crippen LogP contribution in [0.15, 0.2) is 100 Å². The van der Waals surface area contributed by atoms with Crippen molar-refractivity contribution in [3.63, 3.8) is 0 Å². The van der Waals surface area contributed by atoms with Crippen LogP contribution in [0.25, 0.3) is 16.9 Å². The average Bonchev–Trinajstić information content (AvgIpc) is 3.31. The van der Waals surface area contributed by atoms with Crippen LogP contribution in [0, 0.1) is 0 Å². The van der Waals surface area contributed by atoms with E-state index in [1.807, 2.05) is 72.8 Å². The highest BCUT2D eigenvalue weighted by molar-refractivity contribution is 9.10. The summed E-state index contributed by atoms with van der Waals surface area (Å²) < 4.78 is 2.56. The normalized spacial score (nSPS) is 11.0. The topological polar surface area (TPSA) is 71.3 Å². The van der Waals surface area contributed by atoms with E-state index in [0.717, 1.165) is 37.6 Å². The maximum Gasteiger partial charge on any atom is 0.230 e. The van der Waals surface area contributed by atoms with Gasteiger partial charge in [-0.3, -0.25) is 4.79 Å². The number of halogens is 2. The maximum atomic E-state index is 12.3. The Labute approximate surface area is 232 Å². The Balaban J connectivity index is 1.26. The molecule has 0 aliphatic heterocycles. The molecule has 0 fully saturated rings. The number of fused-ring (bicyclic) bond motifs is 1. The number of hydrogen-bond donors (Lipinski definition) is 2. The number of thioether (sulfide) groups is 1. The van der Waals surface area contributed by atoms with Crippen molar-refractivity contribution in [3.05, 3.63) is 112 Å². The Hall–Kier alpha value is -3.33. The highest BCUT2D eigenvalue weighted by atomic mass is 79.9. The lowest BCUT2D eigenvalue weighted by atomic mass is 10.1. The molecule has 2 aromatic heterocycles. The Morgan fingerprint density at radius 2 is 1.70 bits per heavy atom. The molecule has 0 atom stereocenters. The number of aromatic nitrogens is 3. The van der Waals surface area contributed by atoms with Gasteiger partial charge in [0.2, 0.25) is 5.91 Å². The summed E-state index contributed by atoms with van der Waals surface area (Å²) in [7, 11) is 0. The third-order valence-electron chi connectivity index (χ3n) is 5.65. The minimum absolute atomic E-state index is 0.00733. The Bertz CT molecular complexity index is 1540. The van der Waals surface area contributed by atoms with Crippen LogP contribution in [-0.4, -0.2) is 26.3 Å². The molecule has 0 aliphatic rings. The zero-order chi connectivity index (χ0) is 25.6. The van der Waals surface area contributed by atoms with E-state index in [1.54, 1.807) is 10.7 Å². The number of benzene rings is 3. The first kappa shape index (κ1) is 25.3. The molecule has 2 heterocycles. The van der Waals surface area contributed by atoms with Gasteiger partial charge in [0.15, 0.2) is 5.65 Å². The Morgan fingerprint density at radius 1 is 0.946 bits per heavy atom. The summed E-state index contributed by atoms with van der Waals surface area (Å²) >= 11 is 11.5. The van der Waals surface area contributed by atoms with Crippen LogP contribution < -0.4 is 10.6 Å². The maximum absolute atomic E-state index is 12.3. The molecular weight excluding hydrogens is 570 g/mol. The second kappa shape index (κ2) is 11.8. The SMILES string of the molecule is O=C(CSc1ccccc1)NCc1cccc(CNc2cc(-c3ccccc3Cl)nc3c(Br)cnn23)c1. The average molecular weight is 593 g/mol. The molecule has 0 saturated heterocycles. The molecule has 2 N–H and O–H groups in total. The van der Waals surface area contributed by atoms with Gasteiger partial charge in [-0.05, 0) is 45.3 Å². The molecule has 0 radical (unpaired) electrons. The van der Waals surface area contributed by atoms with E-state index >= 15 is 0 Å². The first-order valence-electron chi connectivity index (χ1n) is 11.6. The summed E-state index contributed by atoms with van der Waals surface area (Å²) in [5.74, 6) is 1.19. The van der Waals surface area contributed by atoms with Crippen molar-refractivity contribution in [2.45, 2.75) is 18.0 Å². The summed E-state index contributed by atoms with van der Waals surface area (Å²) in [5, 5.41) is 11.6. The fraction of sp³-hybridized carbons (Fsp3) is 0.107. The number of rotatable bonds is 9. The smallest absolute Gasteiger partial charge is 0.230 e. The predicted octanol–water partition coefficient (Wildman–Crippen LogP) is 6.83. The summed E-state index contributed by atoms with van der Waals surface area (Å²) in [6, 6.07) is 27.7. The first-order chi connectivity index (χ1) is 18.1. The molecular formula is C28H23BrClN5OS. The molecule has 0 unspecified atom stereocenters. The number of carbonyl (C=O) groups is 1. The van der Waals surface area contributed by atoms with Crippen molar-refractivity contribution in [2.24, 2.45) is 0 Å². The second-order valence-electron chi connectivity index (χ2n) is 8.29. The highest BCUT2D eigenvalue weighted by Crippen LogP contribution is 2.30. The molecule has 1 amide bonds. The third kappa shape index (κ3) is 6.33. The zero-order valence-electron chi connectivity index (χ0n) is 19.7. The van der Waals surface area contributed by atoms with Crippen LogP contribution in [-0.2, 0) is 17.9 Å². The monoisotopic (exact) mass is 591 g/mol. The lowest BCUT2D eigenvalue weighted by Gasteiger charge is -2.12. The summed E-state index contributed by atoms with van der Waals surface area (Å²) in [6.45, 7) is 1.05. The van der Waals surface area contributed by atoms with Crippen LogP contribution >= 0.6 is 39.3 Å². The van der Waals surface area contributed by atoms with Crippen LogP contribution in [0.2, 0.25) is 5.02 Å². The quantitative estimate of drug-likeness (QED) is 0.184. The van der Waals surface area contributed by atoms with Gasteiger partial charge in [0.1, 0.15) is 5.82 Å². The standard InChI is InChI=1S/C28H23BrClN5OS/c29-23-17-33-35-26(14-25(34-28(23)35)22-11-4-5-12-24(22)30)31-15-19-7-6-8-20(13-19)16-32-27(36)18-37-21-9-2-1-3-10-21/h1-14,17,31H,15-16,18H2,(H,32,36). The van der Waals surface area contributed by atoms with E-state index in [2.05, 4.69) is 43.8 Å². The molecule has 0 aliphatic carbocycles. The lowest BCUT2D eigenvalue weighted by Crippen LogP contribution is -2.24. The molecule has 37 heavy (non-hydrogen) atoms. The van der Waals surface area contributed by atoms with Gasteiger partial charge in [0.05, 0.1) is 22.1 Å². The number of nitrogens with zero attached hydrogens (tertiary/aromatic N) is 3. The Morgan fingerprint density at radius 3 is 2.51 bits per heavy atom. The predicted molar refractivity (Wildman–Crippen MR) is 154 cm³/mol. The number of nitrogens with one attached hydrogen (secondary N) is 2. The van der Waals surface area contributed by atoms with E-state index < -0.39 is 0 Å². The number of anilines is 1. The van der Waals surface area contributed by atoms with Gasteiger partial charge in [-0.2, -0.15) is 9.61 Å². The van der Waals surface area contributed by atoms with Crippen molar-refractivity contribution in [2.75, 3.05) is 11.1 Å². The minimum Gasteiger partial charge on any atom is -0.366 e. The van der Waals surface area contributed by atoms with Crippen LogP contribution in [0.3, 0.4) is 0 Å². The van der Waals surface area contributed by atoms with E-state index in [9.17, 15) is 4.79 Å². The molecule has 0 spiro atoms. The van der Waals surface area contributed by atoms with Gasteiger partial charge >= 0.3 is 0 Å². The fourth-order valence-electron chi connectivity index (χ4n) is 3.83. The van der Waals surface area contributed by atoms with Crippen molar-refractivity contribution < 1.29 is 4.79 Å². The van der Waals surface area contributed by atoms with Crippen molar-refractivity contribution >= 4 is 56.7 Å². The molecule has 186 valence electrons. The molecule has 9 heteroatoms. The number of amides is 1. The molecule has 0 bridgehead atoms. The van der Waals surface area contributed by atoms with Gasteiger partial charge in [0.25, 0.3) is 0 Å². The lowest BCUT2D eigenvalue weighted by molar-refractivity contribution is -0.118. The summed E-state index contributed by atoms with van der Waals surface area (Å²) in [5.41, 5.74) is 4.43.